The molecule has 6 heteroatoms. The van der Waals surface area contributed by atoms with Gasteiger partial charge in [0, 0.05) is 38.0 Å². The number of aromatic nitrogens is 1. The van der Waals surface area contributed by atoms with Crippen LogP contribution in [0.15, 0.2) is 72.2 Å². The van der Waals surface area contributed by atoms with E-state index >= 15 is 0 Å². The lowest BCUT2D eigenvalue weighted by atomic mass is 9.89. The van der Waals surface area contributed by atoms with E-state index in [1.54, 1.807) is 10.6 Å². The highest BCUT2D eigenvalue weighted by Gasteiger charge is 2.26. The summed E-state index contributed by atoms with van der Waals surface area (Å²) in [5.41, 5.74) is 4.36. The predicted molar refractivity (Wildman–Crippen MR) is 124 cm³/mol. The highest BCUT2D eigenvalue weighted by Crippen LogP contribution is 2.39. The molecule has 0 fully saturated rings. The van der Waals surface area contributed by atoms with Crippen molar-refractivity contribution in [3.05, 3.63) is 111 Å². The zero-order chi connectivity index (χ0) is 23.0. The molecule has 1 N–H and O–H groups in total. The van der Waals surface area contributed by atoms with Crippen LogP contribution < -0.4 is 5.43 Å². The number of aryl methyl sites for hydroxylation is 1. The van der Waals surface area contributed by atoms with Crippen molar-refractivity contribution in [1.82, 2.24) is 9.47 Å². The third-order valence-electron chi connectivity index (χ3n) is 5.68. The number of aromatic carboxylic acids is 1. The fourth-order valence-corrected chi connectivity index (χ4v) is 4.08. The molecule has 0 saturated heterocycles. The lowest BCUT2D eigenvalue weighted by Crippen LogP contribution is -2.33. The SMILES string of the molecule is C=C(/C(=C1/c2cc(=O)c(C(=O)O)cn2CCN1C)c1cccc(F)c1)c1cccc(C)c1. The number of carbonyl (C=O) groups is 1. The first-order valence-electron chi connectivity index (χ1n) is 10.2. The molecule has 1 aliphatic heterocycles. The maximum absolute atomic E-state index is 14.2. The molecule has 4 rings (SSSR count). The van der Waals surface area contributed by atoms with Crippen molar-refractivity contribution in [3.63, 3.8) is 0 Å². The van der Waals surface area contributed by atoms with Gasteiger partial charge in [-0.3, -0.25) is 4.79 Å². The number of rotatable bonds is 4. The highest BCUT2D eigenvalue weighted by atomic mass is 19.1. The molecule has 1 aliphatic rings. The van der Waals surface area contributed by atoms with Crippen molar-refractivity contribution in [1.29, 1.82) is 0 Å². The second-order valence-electron chi connectivity index (χ2n) is 7.94. The van der Waals surface area contributed by atoms with Gasteiger partial charge in [-0.25, -0.2) is 9.18 Å². The fraction of sp³-hybridized carbons (Fsp3) is 0.154. The Morgan fingerprint density at radius 2 is 1.78 bits per heavy atom. The quantitative estimate of drug-likeness (QED) is 0.661. The van der Waals surface area contributed by atoms with Crippen molar-refractivity contribution in [3.8, 4) is 0 Å². The number of benzene rings is 2. The Balaban J connectivity index is 2.05. The van der Waals surface area contributed by atoms with Crippen molar-refractivity contribution in [2.75, 3.05) is 13.6 Å². The number of nitrogens with zero attached hydrogens (tertiary/aromatic N) is 2. The molecule has 2 heterocycles. The molecular weight excluding hydrogens is 407 g/mol. The van der Waals surface area contributed by atoms with Crippen LogP contribution in [0.25, 0.3) is 16.8 Å². The third kappa shape index (κ3) is 3.87. The van der Waals surface area contributed by atoms with E-state index in [9.17, 15) is 19.1 Å². The molecule has 0 unspecified atom stereocenters. The number of carboxylic acids is 1. The van der Waals surface area contributed by atoms with Gasteiger partial charge in [-0.1, -0.05) is 48.5 Å². The average molecular weight is 430 g/mol. The van der Waals surface area contributed by atoms with Crippen molar-refractivity contribution in [2.24, 2.45) is 0 Å². The topological polar surface area (TPSA) is 62.5 Å². The molecule has 5 nitrogen and oxygen atoms in total. The van der Waals surface area contributed by atoms with Crippen LogP contribution >= 0.6 is 0 Å². The lowest BCUT2D eigenvalue weighted by Gasteiger charge is -2.34. The molecule has 1 aromatic heterocycles. The first-order chi connectivity index (χ1) is 15.3. The molecule has 2 aromatic carbocycles. The van der Waals surface area contributed by atoms with Crippen LogP contribution in [0.1, 0.15) is 32.7 Å². The maximum Gasteiger partial charge on any atom is 0.341 e. The second-order valence-corrected chi connectivity index (χ2v) is 7.94. The Kier molecular flexibility index (Phi) is 5.53. The Morgan fingerprint density at radius 3 is 2.47 bits per heavy atom. The van der Waals surface area contributed by atoms with E-state index in [-0.39, 0.29) is 11.4 Å². The minimum Gasteiger partial charge on any atom is -0.477 e. The molecule has 0 aliphatic carbocycles. The fourth-order valence-electron chi connectivity index (χ4n) is 4.08. The van der Waals surface area contributed by atoms with Crippen LogP contribution in [-0.4, -0.2) is 34.1 Å². The van der Waals surface area contributed by atoms with E-state index in [0.29, 0.717) is 41.2 Å². The number of likely N-dealkylation sites (N-methyl/N-ethyl adjacent to an activating group) is 1. The van der Waals surface area contributed by atoms with Crippen molar-refractivity contribution >= 4 is 22.8 Å². The normalized spacial score (nSPS) is 14.7. The first kappa shape index (κ1) is 21.3. The molecular formula is C26H23FN2O3. The molecule has 0 radical (unpaired) electrons. The van der Waals surface area contributed by atoms with E-state index in [0.717, 1.165) is 11.1 Å². The Hall–Kier alpha value is -3.93. The van der Waals surface area contributed by atoms with Gasteiger partial charge < -0.3 is 14.6 Å². The van der Waals surface area contributed by atoms with Gasteiger partial charge in [-0.2, -0.15) is 0 Å². The maximum atomic E-state index is 14.2. The highest BCUT2D eigenvalue weighted by molar-refractivity contribution is 6.13. The lowest BCUT2D eigenvalue weighted by molar-refractivity contribution is 0.0694. The van der Waals surface area contributed by atoms with Gasteiger partial charge in [-0.15, -0.1) is 0 Å². The summed E-state index contributed by atoms with van der Waals surface area (Å²) in [5.74, 6) is -1.64. The first-order valence-corrected chi connectivity index (χ1v) is 10.2. The number of halogens is 1. The zero-order valence-electron chi connectivity index (χ0n) is 17.9. The standard InChI is InChI=1S/C26H23FN2O3/c1-16-6-4-7-18(12-16)17(2)24(19-8-5-9-20(27)13-19)25-22-14-23(30)21(26(31)32)15-29(22)11-10-28(25)3/h4-9,12-15H,2,10-11H2,1,3H3,(H,31,32)/b25-24+. The van der Waals surface area contributed by atoms with Crippen molar-refractivity contribution < 1.29 is 14.3 Å². The summed E-state index contributed by atoms with van der Waals surface area (Å²) >= 11 is 0. The van der Waals surface area contributed by atoms with Crippen LogP contribution in [-0.2, 0) is 6.54 Å². The van der Waals surface area contributed by atoms with Crippen LogP contribution in [0.2, 0.25) is 0 Å². The van der Waals surface area contributed by atoms with Crippen LogP contribution in [0.3, 0.4) is 0 Å². The van der Waals surface area contributed by atoms with E-state index in [2.05, 4.69) is 6.58 Å². The Bertz CT molecular complexity index is 1340. The van der Waals surface area contributed by atoms with E-state index in [1.807, 2.05) is 49.2 Å². The van der Waals surface area contributed by atoms with Crippen LogP contribution in [0.4, 0.5) is 4.39 Å². The molecule has 0 bridgehead atoms. The summed E-state index contributed by atoms with van der Waals surface area (Å²) in [5, 5.41) is 9.37. The number of carboxylic acid groups (broad SMARTS) is 1. The third-order valence-corrected chi connectivity index (χ3v) is 5.68. The smallest absolute Gasteiger partial charge is 0.341 e. The average Bonchev–Trinajstić information content (AvgIpc) is 2.75. The predicted octanol–water partition coefficient (Wildman–Crippen LogP) is 4.52. The minimum absolute atomic E-state index is 0.275. The molecule has 0 amide bonds. The summed E-state index contributed by atoms with van der Waals surface area (Å²) in [7, 11) is 1.90. The van der Waals surface area contributed by atoms with Gasteiger partial charge in [0.1, 0.15) is 11.4 Å². The Morgan fingerprint density at radius 1 is 1.06 bits per heavy atom. The van der Waals surface area contributed by atoms with Gasteiger partial charge in [0.2, 0.25) is 0 Å². The molecule has 0 atom stereocenters. The van der Waals surface area contributed by atoms with Gasteiger partial charge in [0.25, 0.3) is 0 Å². The van der Waals surface area contributed by atoms with Crippen LogP contribution in [0, 0.1) is 12.7 Å². The van der Waals surface area contributed by atoms with Crippen LogP contribution in [0.5, 0.6) is 0 Å². The number of hydrogen-bond donors (Lipinski definition) is 1. The van der Waals surface area contributed by atoms with Gasteiger partial charge in [0.15, 0.2) is 5.43 Å². The monoisotopic (exact) mass is 430 g/mol. The summed E-state index contributed by atoms with van der Waals surface area (Å²) in [6, 6.07) is 15.5. The van der Waals surface area contributed by atoms with Gasteiger partial charge in [-0.05, 0) is 35.8 Å². The second kappa shape index (κ2) is 8.30. The largest absolute Gasteiger partial charge is 0.477 e. The number of hydrogen-bond acceptors (Lipinski definition) is 3. The molecule has 3 aromatic rings. The zero-order valence-corrected chi connectivity index (χ0v) is 17.9. The molecule has 0 saturated carbocycles. The minimum atomic E-state index is -1.26. The summed E-state index contributed by atoms with van der Waals surface area (Å²) in [4.78, 5) is 26.0. The van der Waals surface area contributed by atoms with Gasteiger partial charge in [0.05, 0.1) is 11.4 Å². The van der Waals surface area contributed by atoms with Gasteiger partial charge >= 0.3 is 5.97 Å². The molecule has 0 spiro atoms. The van der Waals surface area contributed by atoms with E-state index < -0.39 is 11.4 Å². The summed E-state index contributed by atoms with van der Waals surface area (Å²) < 4.78 is 16.0. The number of fused-ring (bicyclic) bond motifs is 1. The number of allylic oxidation sites excluding steroid dienone is 2. The molecule has 162 valence electrons. The molecule has 32 heavy (non-hydrogen) atoms. The summed E-state index contributed by atoms with van der Waals surface area (Å²) in [6.45, 7) is 7.43. The van der Waals surface area contributed by atoms with E-state index in [1.165, 1.54) is 24.4 Å². The number of pyridine rings is 1. The van der Waals surface area contributed by atoms with Crippen molar-refractivity contribution in [2.45, 2.75) is 13.5 Å². The van der Waals surface area contributed by atoms with E-state index in [4.69, 9.17) is 0 Å². The Labute approximate surface area is 185 Å². The summed E-state index contributed by atoms with van der Waals surface area (Å²) in [6.07, 6.45) is 1.38.